The predicted molar refractivity (Wildman–Crippen MR) is 135 cm³/mol. The van der Waals surface area contributed by atoms with E-state index in [1.807, 2.05) is 54.6 Å². The molecule has 0 saturated heterocycles. The van der Waals surface area contributed by atoms with Gasteiger partial charge in [0.15, 0.2) is 6.10 Å². The van der Waals surface area contributed by atoms with Crippen LogP contribution in [0.15, 0.2) is 95.5 Å². The smallest absolute Gasteiger partial charge is 0.412 e. The maximum absolute atomic E-state index is 13.1. The lowest BCUT2D eigenvalue weighted by atomic mass is 10.0. The van der Waals surface area contributed by atoms with Gasteiger partial charge < -0.3 is 19.7 Å². The number of halogens is 1. The standard InChI is InChI=1S/C27H24BrNO5/c28-19-13-14-24(31)22(17-19)26(25(15-16-30)33-20-9-2-1-3-10-20)34-27(32)29-23-12-6-8-18-7-4-5-11-21(18)23/h1-14,17,25-26,30-31H,15-16H2,(H,29,32)/t25-,26-/m0/s1. The molecule has 0 bridgehead atoms. The summed E-state index contributed by atoms with van der Waals surface area (Å²) in [6.07, 6.45) is -2.29. The number of rotatable bonds is 8. The highest BCUT2D eigenvalue weighted by molar-refractivity contribution is 9.10. The van der Waals surface area contributed by atoms with Crippen molar-refractivity contribution in [1.82, 2.24) is 0 Å². The van der Waals surface area contributed by atoms with Crippen LogP contribution in [0.5, 0.6) is 11.5 Å². The lowest BCUT2D eigenvalue weighted by Crippen LogP contribution is -2.32. The number of phenolic OH excluding ortho intramolecular Hbond substituents is 1. The highest BCUT2D eigenvalue weighted by Gasteiger charge is 2.31. The molecule has 4 aromatic rings. The van der Waals surface area contributed by atoms with Crippen molar-refractivity contribution in [2.24, 2.45) is 0 Å². The Kier molecular flexibility index (Phi) is 7.67. The fraction of sp³-hybridized carbons (Fsp3) is 0.148. The molecule has 0 heterocycles. The van der Waals surface area contributed by atoms with Crippen LogP contribution in [0.4, 0.5) is 10.5 Å². The maximum atomic E-state index is 13.1. The van der Waals surface area contributed by atoms with Gasteiger partial charge in [0.2, 0.25) is 0 Å². The van der Waals surface area contributed by atoms with Crippen molar-refractivity contribution in [2.75, 3.05) is 11.9 Å². The first-order chi connectivity index (χ1) is 16.5. The third-order valence-corrected chi connectivity index (χ3v) is 5.83. The number of aliphatic hydroxyl groups is 1. The summed E-state index contributed by atoms with van der Waals surface area (Å²) in [6, 6.07) is 27.2. The number of phenols is 1. The quantitative estimate of drug-likeness (QED) is 0.248. The molecule has 0 spiro atoms. The molecule has 0 radical (unpaired) electrons. The Morgan fingerprint density at radius 3 is 2.47 bits per heavy atom. The van der Waals surface area contributed by atoms with Crippen LogP contribution in [0.2, 0.25) is 0 Å². The van der Waals surface area contributed by atoms with Gasteiger partial charge in [-0.15, -0.1) is 0 Å². The molecule has 1 amide bonds. The molecule has 4 aromatic carbocycles. The molecule has 2 atom stereocenters. The van der Waals surface area contributed by atoms with Gasteiger partial charge in [-0.2, -0.15) is 0 Å². The first-order valence-corrected chi connectivity index (χ1v) is 11.6. The maximum Gasteiger partial charge on any atom is 0.412 e. The molecule has 34 heavy (non-hydrogen) atoms. The number of ether oxygens (including phenoxy) is 2. The fourth-order valence-corrected chi connectivity index (χ4v) is 4.13. The van der Waals surface area contributed by atoms with Gasteiger partial charge >= 0.3 is 6.09 Å². The minimum Gasteiger partial charge on any atom is -0.508 e. The molecule has 174 valence electrons. The lowest BCUT2D eigenvalue weighted by molar-refractivity contribution is 0.00798. The Balaban J connectivity index is 1.65. The minimum atomic E-state index is -1.00. The molecule has 0 unspecified atom stereocenters. The second-order valence-electron chi connectivity index (χ2n) is 7.66. The number of anilines is 1. The van der Waals surface area contributed by atoms with Crippen molar-refractivity contribution in [3.05, 3.63) is 101 Å². The summed E-state index contributed by atoms with van der Waals surface area (Å²) in [7, 11) is 0. The SMILES string of the molecule is O=C(Nc1cccc2ccccc12)O[C@@H](c1cc(Br)ccc1O)[C@H](CCO)Oc1ccccc1. The van der Waals surface area contributed by atoms with E-state index in [9.17, 15) is 15.0 Å². The van der Waals surface area contributed by atoms with Crippen molar-refractivity contribution in [3.63, 3.8) is 0 Å². The number of hydrogen-bond donors (Lipinski definition) is 3. The van der Waals surface area contributed by atoms with Gasteiger partial charge in [-0.3, -0.25) is 5.32 Å². The molecule has 0 aliphatic rings. The summed E-state index contributed by atoms with van der Waals surface area (Å²) in [6.45, 7) is -0.197. The van der Waals surface area contributed by atoms with E-state index in [1.165, 1.54) is 6.07 Å². The van der Waals surface area contributed by atoms with Crippen molar-refractivity contribution in [2.45, 2.75) is 18.6 Å². The Labute approximate surface area is 205 Å². The highest BCUT2D eigenvalue weighted by atomic mass is 79.9. The molecular weight excluding hydrogens is 498 g/mol. The Morgan fingerprint density at radius 1 is 0.941 bits per heavy atom. The van der Waals surface area contributed by atoms with E-state index in [1.54, 1.807) is 30.3 Å². The minimum absolute atomic E-state index is 0.0502. The molecule has 7 heteroatoms. The lowest BCUT2D eigenvalue weighted by Gasteiger charge is -2.28. The number of amides is 1. The van der Waals surface area contributed by atoms with E-state index >= 15 is 0 Å². The van der Waals surface area contributed by atoms with E-state index in [2.05, 4.69) is 21.2 Å². The van der Waals surface area contributed by atoms with Crippen LogP contribution in [-0.2, 0) is 4.74 Å². The topological polar surface area (TPSA) is 88.0 Å². The van der Waals surface area contributed by atoms with Gasteiger partial charge in [0, 0.05) is 28.5 Å². The fourth-order valence-electron chi connectivity index (χ4n) is 3.76. The van der Waals surface area contributed by atoms with Gasteiger partial charge in [-0.1, -0.05) is 70.5 Å². The molecule has 4 rings (SSSR count). The van der Waals surface area contributed by atoms with Crippen molar-refractivity contribution in [3.8, 4) is 11.5 Å². The Bertz CT molecular complexity index is 1260. The molecule has 0 aliphatic heterocycles. The van der Waals surface area contributed by atoms with Crippen LogP contribution in [0, 0.1) is 0 Å². The molecule has 0 saturated carbocycles. The molecule has 0 aliphatic carbocycles. The number of nitrogens with one attached hydrogen (secondary N) is 1. The van der Waals surface area contributed by atoms with Gasteiger partial charge in [0.05, 0.1) is 5.69 Å². The number of carbonyl (C=O) groups is 1. The van der Waals surface area contributed by atoms with Crippen LogP contribution in [-0.4, -0.2) is 29.0 Å². The van der Waals surface area contributed by atoms with Crippen LogP contribution >= 0.6 is 15.9 Å². The van der Waals surface area contributed by atoms with Gasteiger partial charge in [-0.05, 0) is 41.8 Å². The zero-order valence-electron chi connectivity index (χ0n) is 18.2. The van der Waals surface area contributed by atoms with E-state index in [-0.39, 0.29) is 18.8 Å². The Morgan fingerprint density at radius 2 is 1.68 bits per heavy atom. The molecule has 6 nitrogen and oxygen atoms in total. The Hall–Kier alpha value is -3.55. The third-order valence-electron chi connectivity index (χ3n) is 5.34. The summed E-state index contributed by atoms with van der Waals surface area (Å²) in [5, 5.41) is 25.0. The molecule has 0 aromatic heterocycles. The zero-order chi connectivity index (χ0) is 23.9. The number of benzene rings is 4. The third kappa shape index (κ3) is 5.68. The summed E-state index contributed by atoms with van der Waals surface area (Å²) < 4.78 is 12.6. The predicted octanol–water partition coefficient (Wildman–Crippen LogP) is 6.43. The normalized spacial score (nSPS) is 12.6. The molecule has 0 fully saturated rings. The van der Waals surface area contributed by atoms with Gasteiger partial charge in [-0.25, -0.2) is 4.79 Å². The number of fused-ring (bicyclic) bond motifs is 1. The average molecular weight is 522 g/mol. The van der Waals surface area contributed by atoms with Crippen LogP contribution in [0.25, 0.3) is 10.8 Å². The number of aliphatic hydroxyl groups excluding tert-OH is 1. The van der Waals surface area contributed by atoms with Crippen LogP contribution < -0.4 is 10.1 Å². The van der Waals surface area contributed by atoms with Crippen molar-refractivity contribution >= 4 is 38.5 Å². The number of hydrogen-bond acceptors (Lipinski definition) is 5. The first kappa shape index (κ1) is 23.6. The van der Waals surface area contributed by atoms with E-state index in [4.69, 9.17) is 9.47 Å². The zero-order valence-corrected chi connectivity index (χ0v) is 19.8. The first-order valence-electron chi connectivity index (χ1n) is 10.8. The van der Waals surface area contributed by atoms with Crippen LogP contribution in [0.3, 0.4) is 0 Å². The second kappa shape index (κ2) is 11.0. The highest BCUT2D eigenvalue weighted by Crippen LogP contribution is 2.35. The van der Waals surface area contributed by atoms with E-state index in [0.29, 0.717) is 21.5 Å². The largest absolute Gasteiger partial charge is 0.508 e. The monoisotopic (exact) mass is 521 g/mol. The number of para-hydroxylation sites is 1. The van der Waals surface area contributed by atoms with E-state index in [0.717, 1.165) is 10.8 Å². The van der Waals surface area contributed by atoms with Crippen LogP contribution in [0.1, 0.15) is 18.1 Å². The number of aromatic hydroxyl groups is 1. The summed E-state index contributed by atoms with van der Waals surface area (Å²) in [4.78, 5) is 13.1. The summed E-state index contributed by atoms with van der Waals surface area (Å²) >= 11 is 3.41. The number of carbonyl (C=O) groups excluding carboxylic acids is 1. The van der Waals surface area contributed by atoms with Gasteiger partial charge in [0.25, 0.3) is 0 Å². The van der Waals surface area contributed by atoms with Crippen molar-refractivity contribution in [1.29, 1.82) is 0 Å². The molecule has 3 N–H and O–H groups in total. The van der Waals surface area contributed by atoms with Crippen molar-refractivity contribution < 1.29 is 24.5 Å². The van der Waals surface area contributed by atoms with Gasteiger partial charge in [0.1, 0.15) is 17.6 Å². The molecular formula is C27H24BrNO5. The average Bonchev–Trinajstić information content (AvgIpc) is 2.85. The second-order valence-corrected chi connectivity index (χ2v) is 8.58. The van der Waals surface area contributed by atoms with E-state index < -0.39 is 18.3 Å². The summed E-state index contributed by atoms with van der Waals surface area (Å²) in [5.41, 5.74) is 0.958. The summed E-state index contributed by atoms with van der Waals surface area (Å²) in [5.74, 6) is 0.504.